The second-order valence-electron chi connectivity index (χ2n) is 3.06. The Morgan fingerprint density at radius 1 is 1.41 bits per heavy atom. The lowest BCUT2D eigenvalue weighted by Gasteiger charge is -2.00. The van der Waals surface area contributed by atoms with Crippen molar-refractivity contribution < 1.29 is 40.6 Å². The first-order chi connectivity index (χ1) is 7.67. The Bertz CT molecular complexity index is 395. The number of rotatable bonds is 4. The van der Waals surface area contributed by atoms with Gasteiger partial charge in [0.25, 0.3) is 0 Å². The summed E-state index contributed by atoms with van der Waals surface area (Å²) in [7, 11) is 1.31. The van der Waals surface area contributed by atoms with Gasteiger partial charge in [0.05, 0.1) is 13.7 Å². The Balaban J connectivity index is 0.00000256. The van der Waals surface area contributed by atoms with E-state index in [-0.39, 0.29) is 29.5 Å². The van der Waals surface area contributed by atoms with Crippen LogP contribution in [0.5, 0.6) is 0 Å². The molecule has 0 aliphatic heterocycles. The number of methoxy groups -OCH3 is 1. The minimum atomic E-state index is -0.432. The maximum absolute atomic E-state index is 11.2. The van der Waals surface area contributed by atoms with Gasteiger partial charge in [0, 0.05) is 6.07 Å². The average Bonchev–Trinajstić information content (AvgIpc) is 2.28. The van der Waals surface area contributed by atoms with Crippen molar-refractivity contribution >= 4 is 11.9 Å². The van der Waals surface area contributed by atoms with Crippen molar-refractivity contribution in [3.63, 3.8) is 0 Å². The van der Waals surface area contributed by atoms with Gasteiger partial charge in [0.1, 0.15) is 5.56 Å². The van der Waals surface area contributed by atoms with Gasteiger partial charge in [-0.25, -0.2) is 9.59 Å². The number of carbonyl (C=O) groups is 2. The quantitative estimate of drug-likeness (QED) is 0.450. The number of esters is 2. The van der Waals surface area contributed by atoms with Crippen LogP contribution in [0.3, 0.4) is 0 Å². The van der Waals surface area contributed by atoms with E-state index >= 15 is 0 Å². The van der Waals surface area contributed by atoms with Gasteiger partial charge in [0.2, 0.25) is 6.54 Å². The zero-order valence-electron chi connectivity index (χ0n) is 9.68. The first-order valence-electron chi connectivity index (χ1n) is 4.90. The van der Waals surface area contributed by atoms with Crippen molar-refractivity contribution in [2.75, 3.05) is 13.7 Å². The van der Waals surface area contributed by atoms with Crippen LogP contribution < -0.4 is 21.5 Å². The van der Waals surface area contributed by atoms with E-state index in [9.17, 15) is 9.59 Å². The lowest BCUT2D eigenvalue weighted by atomic mass is 10.3. The number of nitrogens with zero attached hydrogens (tertiary/aromatic N) is 1. The molecule has 0 unspecified atom stereocenters. The molecule has 0 spiro atoms. The molecule has 94 valence electrons. The third-order valence-corrected chi connectivity index (χ3v) is 1.90. The zero-order chi connectivity index (χ0) is 12.0. The number of hydrogen-bond donors (Lipinski definition) is 0. The summed E-state index contributed by atoms with van der Waals surface area (Å²) in [5, 5.41) is 0. The highest BCUT2D eigenvalue weighted by atomic mass is 79.9. The van der Waals surface area contributed by atoms with Gasteiger partial charge in [0.15, 0.2) is 12.4 Å². The molecule has 17 heavy (non-hydrogen) atoms. The number of halogens is 1. The molecule has 0 aromatic carbocycles. The van der Waals surface area contributed by atoms with Crippen molar-refractivity contribution in [2.24, 2.45) is 0 Å². The topological polar surface area (TPSA) is 56.5 Å². The summed E-state index contributed by atoms with van der Waals surface area (Å²) < 4.78 is 10.9. The summed E-state index contributed by atoms with van der Waals surface area (Å²) >= 11 is 0. The fourth-order valence-corrected chi connectivity index (χ4v) is 1.21. The highest BCUT2D eigenvalue weighted by molar-refractivity contribution is 5.88. The monoisotopic (exact) mass is 303 g/mol. The van der Waals surface area contributed by atoms with E-state index in [0.717, 1.165) is 0 Å². The fourth-order valence-electron chi connectivity index (χ4n) is 1.21. The maximum Gasteiger partial charge on any atom is 0.372 e. The van der Waals surface area contributed by atoms with Crippen molar-refractivity contribution in [3.8, 4) is 0 Å². The molecule has 0 aliphatic carbocycles. The average molecular weight is 304 g/mol. The molecular formula is C11H14BrNO4. The highest BCUT2D eigenvalue weighted by Gasteiger charge is 2.14. The van der Waals surface area contributed by atoms with Crippen LogP contribution in [0, 0.1) is 0 Å². The first-order valence-corrected chi connectivity index (χ1v) is 4.90. The van der Waals surface area contributed by atoms with Gasteiger partial charge in [-0.3, -0.25) is 0 Å². The summed E-state index contributed by atoms with van der Waals surface area (Å²) in [6.45, 7) is 2.17. The van der Waals surface area contributed by atoms with E-state index in [4.69, 9.17) is 4.74 Å². The lowest BCUT2D eigenvalue weighted by molar-refractivity contribution is -0.686. The Labute approximate surface area is 110 Å². The Morgan fingerprint density at radius 2 is 2.12 bits per heavy atom. The second-order valence-corrected chi connectivity index (χ2v) is 3.06. The molecule has 0 saturated carbocycles. The van der Waals surface area contributed by atoms with Gasteiger partial charge in [-0.15, -0.1) is 0 Å². The van der Waals surface area contributed by atoms with Gasteiger partial charge in [-0.05, 0) is 13.0 Å². The third kappa shape index (κ3) is 4.95. The largest absolute Gasteiger partial charge is 1.00 e. The van der Waals surface area contributed by atoms with Crippen LogP contribution in [0.4, 0.5) is 0 Å². The predicted molar refractivity (Wildman–Crippen MR) is 54.6 cm³/mol. The molecule has 1 heterocycles. The minimum absolute atomic E-state index is 0. The van der Waals surface area contributed by atoms with Crippen molar-refractivity contribution in [1.82, 2.24) is 0 Å². The molecule has 0 radical (unpaired) electrons. The van der Waals surface area contributed by atoms with Crippen LogP contribution in [0.15, 0.2) is 24.5 Å². The predicted octanol–water partition coefficient (Wildman–Crippen LogP) is -2.67. The Kier molecular flexibility index (Phi) is 7.13. The molecule has 0 atom stereocenters. The van der Waals surface area contributed by atoms with Crippen LogP contribution in [0.1, 0.15) is 17.3 Å². The summed E-state index contributed by atoms with van der Waals surface area (Å²) in [6.07, 6.45) is 3.23. The summed E-state index contributed by atoms with van der Waals surface area (Å²) in [4.78, 5) is 22.4. The summed E-state index contributed by atoms with van der Waals surface area (Å²) in [6, 6.07) is 3.29. The van der Waals surface area contributed by atoms with E-state index in [1.54, 1.807) is 36.0 Å². The van der Waals surface area contributed by atoms with E-state index < -0.39 is 5.97 Å². The fraction of sp³-hybridized carbons (Fsp3) is 0.364. The molecular weight excluding hydrogens is 290 g/mol. The van der Waals surface area contributed by atoms with Crippen molar-refractivity contribution in [2.45, 2.75) is 13.5 Å². The van der Waals surface area contributed by atoms with Gasteiger partial charge in [-0.2, -0.15) is 4.57 Å². The van der Waals surface area contributed by atoms with Crippen molar-refractivity contribution in [1.29, 1.82) is 0 Å². The van der Waals surface area contributed by atoms with Crippen LogP contribution in [-0.2, 0) is 20.8 Å². The molecule has 5 nitrogen and oxygen atoms in total. The zero-order valence-corrected chi connectivity index (χ0v) is 11.3. The van der Waals surface area contributed by atoms with Crippen molar-refractivity contribution in [3.05, 3.63) is 30.1 Å². The number of ether oxygens (including phenoxy) is 2. The Morgan fingerprint density at radius 3 is 2.71 bits per heavy atom. The molecule has 1 aromatic rings. The van der Waals surface area contributed by atoms with E-state index in [1.165, 1.54) is 7.11 Å². The highest BCUT2D eigenvalue weighted by Crippen LogP contribution is 1.96. The molecule has 1 rings (SSSR count). The molecule has 0 N–H and O–H groups in total. The summed E-state index contributed by atoms with van der Waals surface area (Å²) in [5.41, 5.74) is 0.397. The molecule has 0 amide bonds. The summed E-state index contributed by atoms with van der Waals surface area (Å²) in [5.74, 6) is -0.771. The minimum Gasteiger partial charge on any atom is -1.00 e. The number of carbonyl (C=O) groups excluding carboxylic acids is 2. The van der Waals surface area contributed by atoms with Gasteiger partial charge >= 0.3 is 11.9 Å². The smallest absolute Gasteiger partial charge is 0.372 e. The molecule has 0 fully saturated rings. The molecule has 1 aromatic heterocycles. The SMILES string of the molecule is CCOC(=O)C[n+]1cccc(C(=O)OC)c1.[Br-]. The number of pyridine rings is 1. The van der Waals surface area contributed by atoms with Gasteiger partial charge < -0.3 is 26.5 Å². The van der Waals surface area contributed by atoms with Crippen LogP contribution in [0.25, 0.3) is 0 Å². The van der Waals surface area contributed by atoms with Gasteiger partial charge in [-0.1, -0.05) is 0 Å². The third-order valence-electron chi connectivity index (χ3n) is 1.90. The molecule has 0 bridgehead atoms. The lowest BCUT2D eigenvalue weighted by Crippen LogP contribution is -3.00. The standard InChI is InChI=1S/C11H14NO4.BrH/c1-3-16-10(13)8-12-6-4-5-9(7-12)11(14)15-2;/h4-7H,3,8H2,1-2H3;1H/q+1;/p-1. The maximum atomic E-state index is 11.2. The van der Waals surface area contributed by atoms with E-state index in [1.807, 2.05) is 0 Å². The first kappa shape index (κ1) is 15.6. The molecule has 6 heteroatoms. The number of aromatic nitrogens is 1. The van der Waals surface area contributed by atoms with Crippen LogP contribution >= 0.6 is 0 Å². The second kappa shape index (κ2) is 7.78. The molecule has 0 aliphatic rings. The number of hydrogen-bond acceptors (Lipinski definition) is 4. The van der Waals surface area contributed by atoms with E-state index in [0.29, 0.717) is 12.2 Å². The van der Waals surface area contributed by atoms with Crippen LogP contribution in [-0.4, -0.2) is 25.7 Å². The molecule has 0 saturated heterocycles. The van der Waals surface area contributed by atoms with E-state index in [2.05, 4.69) is 4.74 Å². The normalized spacial score (nSPS) is 9.06. The van der Waals surface area contributed by atoms with Crippen LogP contribution in [0.2, 0.25) is 0 Å². The Hall–Kier alpha value is -1.43.